The quantitative estimate of drug-likeness (QED) is 0.804. The number of pyridine rings is 1. The molecule has 0 unspecified atom stereocenters. The molecule has 0 radical (unpaired) electrons. The zero-order chi connectivity index (χ0) is 15.7. The maximum Gasteiger partial charge on any atom is 0.251 e. The number of aryl methyl sites for hydroxylation is 1. The van der Waals surface area contributed by atoms with Crippen LogP contribution in [0.4, 0.5) is 0 Å². The van der Waals surface area contributed by atoms with Gasteiger partial charge >= 0.3 is 0 Å². The van der Waals surface area contributed by atoms with Crippen LogP contribution in [0, 0.1) is 6.92 Å². The second-order valence-corrected chi connectivity index (χ2v) is 5.49. The van der Waals surface area contributed by atoms with Crippen molar-refractivity contribution in [3.8, 4) is 11.6 Å². The lowest BCUT2D eigenvalue weighted by molar-refractivity contribution is 0.0943. The van der Waals surface area contributed by atoms with E-state index in [-0.39, 0.29) is 11.9 Å². The van der Waals surface area contributed by atoms with Crippen LogP contribution in [0.5, 0.6) is 0 Å². The number of hydrogen-bond donors (Lipinski definition) is 1. The van der Waals surface area contributed by atoms with Crippen molar-refractivity contribution in [1.29, 1.82) is 0 Å². The Kier molecular flexibility index (Phi) is 3.63. The third kappa shape index (κ3) is 2.83. The average molecular weight is 295 g/mol. The summed E-state index contributed by atoms with van der Waals surface area (Å²) in [7, 11) is 0. The molecule has 3 rings (SSSR count). The van der Waals surface area contributed by atoms with Crippen molar-refractivity contribution in [1.82, 2.24) is 15.3 Å². The zero-order valence-electron chi connectivity index (χ0n) is 12.8. The molecule has 0 saturated carbocycles. The molecule has 5 nitrogen and oxygen atoms in total. The summed E-state index contributed by atoms with van der Waals surface area (Å²) in [5, 5.41) is 2.86. The molecule has 0 fully saturated rings. The highest BCUT2D eigenvalue weighted by molar-refractivity contribution is 5.97. The number of rotatable bonds is 3. The van der Waals surface area contributed by atoms with Crippen molar-refractivity contribution in [2.24, 2.45) is 0 Å². The van der Waals surface area contributed by atoms with E-state index < -0.39 is 0 Å². The molecular formula is C17H17N3O2. The fraction of sp³-hybridized carbons (Fsp3) is 0.235. The molecule has 0 aliphatic carbocycles. The number of amides is 1. The van der Waals surface area contributed by atoms with Crippen LogP contribution in [0.1, 0.15) is 29.9 Å². The predicted molar refractivity (Wildman–Crippen MR) is 84.6 cm³/mol. The first-order chi connectivity index (χ1) is 10.5. The molecule has 0 bridgehead atoms. The molecule has 0 aliphatic heterocycles. The third-order valence-corrected chi connectivity index (χ3v) is 3.18. The Bertz CT molecular complexity index is 837. The summed E-state index contributed by atoms with van der Waals surface area (Å²) in [5.41, 5.74) is 3.43. The molecule has 0 aliphatic rings. The van der Waals surface area contributed by atoms with Crippen molar-refractivity contribution < 1.29 is 9.21 Å². The van der Waals surface area contributed by atoms with Gasteiger partial charge < -0.3 is 9.73 Å². The second-order valence-electron chi connectivity index (χ2n) is 5.49. The van der Waals surface area contributed by atoms with Crippen LogP contribution in [-0.2, 0) is 0 Å². The molecule has 0 saturated heterocycles. The van der Waals surface area contributed by atoms with E-state index in [1.165, 1.54) is 0 Å². The van der Waals surface area contributed by atoms with Crippen molar-refractivity contribution in [3.05, 3.63) is 47.7 Å². The van der Waals surface area contributed by atoms with Crippen molar-refractivity contribution >= 4 is 17.0 Å². The minimum atomic E-state index is -0.122. The van der Waals surface area contributed by atoms with E-state index in [9.17, 15) is 4.79 Å². The number of benzene rings is 1. The lowest BCUT2D eigenvalue weighted by atomic mass is 10.2. The Labute approximate surface area is 128 Å². The molecule has 2 heterocycles. The number of carbonyl (C=O) groups is 1. The van der Waals surface area contributed by atoms with Gasteiger partial charge in [0.05, 0.1) is 0 Å². The lowest BCUT2D eigenvalue weighted by Gasteiger charge is -2.07. The first kappa shape index (κ1) is 14.3. The van der Waals surface area contributed by atoms with Crippen LogP contribution in [0.15, 0.2) is 40.8 Å². The summed E-state index contributed by atoms with van der Waals surface area (Å²) in [6, 6.07) is 11.0. The van der Waals surface area contributed by atoms with Gasteiger partial charge in [0.2, 0.25) is 5.89 Å². The Balaban J connectivity index is 1.98. The SMILES string of the molecule is Cc1cccc(-c2nc3ccc(C(=O)NC(C)C)cc3o2)n1. The average Bonchev–Trinajstić information content (AvgIpc) is 2.89. The van der Waals surface area contributed by atoms with Gasteiger partial charge in [-0.1, -0.05) is 6.07 Å². The summed E-state index contributed by atoms with van der Waals surface area (Å²) in [6.45, 7) is 5.76. The molecule has 5 heteroatoms. The van der Waals surface area contributed by atoms with E-state index in [1.54, 1.807) is 18.2 Å². The number of nitrogens with zero attached hydrogens (tertiary/aromatic N) is 2. The smallest absolute Gasteiger partial charge is 0.251 e. The van der Waals surface area contributed by atoms with Gasteiger partial charge in [-0.15, -0.1) is 0 Å². The molecule has 1 N–H and O–H groups in total. The number of nitrogens with one attached hydrogen (secondary N) is 1. The van der Waals surface area contributed by atoms with Crippen molar-refractivity contribution in [3.63, 3.8) is 0 Å². The van der Waals surface area contributed by atoms with Gasteiger partial charge in [-0.25, -0.2) is 9.97 Å². The molecule has 22 heavy (non-hydrogen) atoms. The molecule has 1 amide bonds. The molecule has 3 aromatic rings. The fourth-order valence-corrected chi connectivity index (χ4v) is 2.18. The zero-order valence-corrected chi connectivity index (χ0v) is 12.8. The van der Waals surface area contributed by atoms with Crippen LogP contribution in [0.2, 0.25) is 0 Å². The maximum atomic E-state index is 12.0. The van der Waals surface area contributed by atoms with Gasteiger partial charge in [0.25, 0.3) is 5.91 Å². The van der Waals surface area contributed by atoms with Crippen molar-refractivity contribution in [2.75, 3.05) is 0 Å². The highest BCUT2D eigenvalue weighted by Crippen LogP contribution is 2.24. The lowest BCUT2D eigenvalue weighted by Crippen LogP contribution is -2.29. The molecule has 112 valence electrons. The van der Waals surface area contributed by atoms with Crippen LogP contribution < -0.4 is 5.32 Å². The Hall–Kier alpha value is -2.69. The first-order valence-corrected chi connectivity index (χ1v) is 7.18. The Morgan fingerprint density at radius 2 is 2.00 bits per heavy atom. The summed E-state index contributed by atoms with van der Waals surface area (Å²) >= 11 is 0. The summed E-state index contributed by atoms with van der Waals surface area (Å²) < 4.78 is 5.75. The Morgan fingerprint density at radius 3 is 2.73 bits per heavy atom. The van der Waals surface area contributed by atoms with Gasteiger partial charge in [0, 0.05) is 17.3 Å². The number of oxazole rings is 1. The van der Waals surface area contributed by atoms with Crippen LogP contribution in [0.25, 0.3) is 22.7 Å². The normalized spacial score (nSPS) is 11.1. The van der Waals surface area contributed by atoms with E-state index in [4.69, 9.17) is 4.42 Å². The Morgan fingerprint density at radius 1 is 1.18 bits per heavy atom. The largest absolute Gasteiger partial charge is 0.435 e. The van der Waals surface area contributed by atoms with Crippen molar-refractivity contribution in [2.45, 2.75) is 26.8 Å². The summed E-state index contributed by atoms with van der Waals surface area (Å²) in [6.07, 6.45) is 0. The predicted octanol–water partition coefficient (Wildman–Crippen LogP) is 3.34. The maximum absolute atomic E-state index is 12.0. The number of carbonyl (C=O) groups excluding carboxylic acids is 1. The highest BCUT2D eigenvalue weighted by atomic mass is 16.3. The van der Waals surface area contributed by atoms with Crippen LogP contribution in [0.3, 0.4) is 0 Å². The number of aromatic nitrogens is 2. The molecule has 0 atom stereocenters. The standard InChI is InChI=1S/C17H17N3O2/c1-10(2)18-16(21)12-7-8-13-15(9-12)22-17(20-13)14-6-4-5-11(3)19-14/h4-10H,1-3H3,(H,18,21). The van der Waals surface area contributed by atoms with Crippen LogP contribution >= 0.6 is 0 Å². The first-order valence-electron chi connectivity index (χ1n) is 7.18. The van der Waals surface area contributed by atoms with Gasteiger partial charge in [-0.05, 0) is 51.1 Å². The number of fused-ring (bicyclic) bond motifs is 1. The third-order valence-electron chi connectivity index (χ3n) is 3.18. The summed E-state index contributed by atoms with van der Waals surface area (Å²) in [4.78, 5) is 20.9. The van der Waals surface area contributed by atoms with E-state index in [0.29, 0.717) is 28.2 Å². The van der Waals surface area contributed by atoms with Gasteiger partial charge in [-0.2, -0.15) is 0 Å². The fourth-order valence-electron chi connectivity index (χ4n) is 2.18. The van der Waals surface area contributed by atoms with Gasteiger partial charge in [-0.3, -0.25) is 4.79 Å². The molecule has 1 aromatic carbocycles. The van der Waals surface area contributed by atoms with E-state index in [0.717, 1.165) is 5.69 Å². The molecule has 0 spiro atoms. The monoisotopic (exact) mass is 295 g/mol. The summed E-state index contributed by atoms with van der Waals surface area (Å²) in [5.74, 6) is 0.337. The van der Waals surface area contributed by atoms with Gasteiger partial charge in [0.15, 0.2) is 5.58 Å². The number of hydrogen-bond acceptors (Lipinski definition) is 4. The minimum absolute atomic E-state index is 0.0879. The molecule has 2 aromatic heterocycles. The second kappa shape index (κ2) is 5.60. The van der Waals surface area contributed by atoms with E-state index >= 15 is 0 Å². The highest BCUT2D eigenvalue weighted by Gasteiger charge is 2.13. The minimum Gasteiger partial charge on any atom is -0.435 e. The van der Waals surface area contributed by atoms with Gasteiger partial charge in [0.1, 0.15) is 11.2 Å². The van der Waals surface area contributed by atoms with E-state index in [1.807, 2.05) is 39.0 Å². The van der Waals surface area contributed by atoms with Crippen LogP contribution in [-0.4, -0.2) is 21.9 Å². The van der Waals surface area contributed by atoms with E-state index in [2.05, 4.69) is 15.3 Å². The topological polar surface area (TPSA) is 68.0 Å². The molecular weight excluding hydrogens is 278 g/mol.